The molecule has 0 bridgehead atoms. The first-order valence-corrected chi connectivity index (χ1v) is 26.9. The predicted molar refractivity (Wildman–Crippen MR) is 285 cm³/mol. The van der Waals surface area contributed by atoms with Crippen LogP contribution in [0.1, 0.15) is 96.3 Å². The van der Waals surface area contributed by atoms with Gasteiger partial charge in [-0.1, -0.05) is 92.7 Å². The molecule has 1 fully saturated rings. The van der Waals surface area contributed by atoms with Gasteiger partial charge in [-0.15, -0.1) is 0 Å². The number of esters is 1. The first-order valence-electron chi connectivity index (χ1n) is 25.5. The van der Waals surface area contributed by atoms with Gasteiger partial charge in [0.1, 0.15) is 36.4 Å². The number of benzene rings is 3. The molecule has 1 aliphatic rings. The zero-order chi connectivity index (χ0) is 54.7. The number of alkyl carbamates (subject to hydrolysis) is 1. The van der Waals surface area contributed by atoms with Crippen molar-refractivity contribution in [3.8, 4) is 0 Å². The number of hydrazine groups is 1. The summed E-state index contributed by atoms with van der Waals surface area (Å²) in [7, 11) is 1.22. The molecule has 2 heterocycles. The van der Waals surface area contributed by atoms with Crippen LogP contribution in [0.3, 0.4) is 0 Å². The minimum atomic E-state index is -1.71. The highest BCUT2D eigenvalue weighted by molar-refractivity contribution is 7.98. The van der Waals surface area contributed by atoms with E-state index in [2.05, 4.69) is 20.9 Å². The van der Waals surface area contributed by atoms with Crippen molar-refractivity contribution in [1.29, 1.82) is 0 Å². The summed E-state index contributed by atoms with van der Waals surface area (Å²) in [4.78, 5) is 119. The van der Waals surface area contributed by atoms with E-state index >= 15 is 9.59 Å². The number of nitrogens with two attached hydrogens (primary N) is 1. The molecule has 3 aromatic carbocycles. The number of hydrogen-bond donors (Lipinski definition) is 5. The number of nitrogens with zero attached hydrogens (tertiary/aromatic N) is 3. The van der Waals surface area contributed by atoms with Gasteiger partial charge in [-0.2, -0.15) is 11.8 Å². The molecule has 5 rings (SSSR count). The van der Waals surface area contributed by atoms with Gasteiger partial charge >= 0.3 is 18.2 Å². The second-order valence-electron chi connectivity index (χ2n) is 19.9. The fourth-order valence-electron chi connectivity index (χ4n) is 8.66. The van der Waals surface area contributed by atoms with Crippen molar-refractivity contribution in [3.05, 3.63) is 108 Å². The number of H-pyrrole nitrogens is 1. The second kappa shape index (κ2) is 28.7. The number of ether oxygens (including phenoxy) is 3. The Hall–Kier alpha value is -6.93. The first kappa shape index (κ1) is 59.0. The standard InChI is InChI=1S/C55H74N8O11S/c1-36(2)25-26-47(64)63(45(28-31-75-7)52(69)72-6)61-30-27-43(50(61)67)58-48(65)44(32-37-18-10-8-11-19-37)59-49(66)46(33-39-34-57-41-23-15-14-22-40(39)41)62(54(71)73-35-38-20-12-9-13-21-38)51(68)42(24-16-17-29-56)60-53(70)74-55(3,4)5/h8-15,18-23,34,36,42-46,57H,16-17,24-33,35,56H2,1-7H3,(H,58,65)(H,59,66)(H,60,70)/t42-,43-,44+,45?,46+/m0/s1. The lowest BCUT2D eigenvalue weighted by molar-refractivity contribution is -0.175. The van der Waals surface area contributed by atoms with Gasteiger partial charge in [0.2, 0.25) is 17.7 Å². The van der Waals surface area contributed by atoms with Crippen molar-refractivity contribution in [2.45, 2.75) is 135 Å². The van der Waals surface area contributed by atoms with Gasteiger partial charge in [0.15, 0.2) is 6.04 Å². The number of carbonyl (C=O) groups excluding carboxylic acids is 8. The summed E-state index contributed by atoms with van der Waals surface area (Å²) in [5.74, 6) is -3.82. The summed E-state index contributed by atoms with van der Waals surface area (Å²) in [5, 5.41) is 11.4. The number of para-hydroxylation sites is 1. The number of nitrogens with one attached hydrogen (secondary N) is 4. The van der Waals surface area contributed by atoms with Gasteiger partial charge in [0.25, 0.3) is 11.8 Å². The van der Waals surface area contributed by atoms with E-state index in [0.29, 0.717) is 57.5 Å². The molecule has 20 heteroatoms. The third-order valence-corrected chi connectivity index (χ3v) is 13.2. The lowest BCUT2D eigenvalue weighted by atomic mass is 9.99. The lowest BCUT2D eigenvalue weighted by Gasteiger charge is -2.37. The van der Waals surface area contributed by atoms with E-state index in [0.717, 1.165) is 0 Å². The molecule has 0 aliphatic carbocycles. The number of fused-ring (bicyclic) bond motifs is 1. The maximum Gasteiger partial charge on any atom is 0.417 e. The third kappa shape index (κ3) is 17.3. The molecule has 0 radical (unpaired) electrons. The second-order valence-corrected chi connectivity index (χ2v) is 20.9. The van der Waals surface area contributed by atoms with Crippen molar-refractivity contribution >= 4 is 70.4 Å². The molecule has 6 N–H and O–H groups in total. The van der Waals surface area contributed by atoms with Crippen LogP contribution in [0, 0.1) is 5.92 Å². The van der Waals surface area contributed by atoms with Crippen molar-refractivity contribution in [1.82, 2.24) is 35.9 Å². The summed E-state index contributed by atoms with van der Waals surface area (Å²) in [6, 6.07) is 18.0. The Balaban J connectivity index is 1.56. The highest BCUT2D eigenvalue weighted by atomic mass is 32.2. The zero-order valence-corrected chi connectivity index (χ0v) is 45.0. The minimum absolute atomic E-state index is 0.00331. The van der Waals surface area contributed by atoms with Gasteiger partial charge in [0, 0.05) is 42.9 Å². The molecule has 0 saturated carbocycles. The van der Waals surface area contributed by atoms with Gasteiger partial charge < -0.3 is 40.9 Å². The van der Waals surface area contributed by atoms with Gasteiger partial charge in [-0.3, -0.25) is 24.0 Å². The molecular weight excluding hydrogens is 981 g/mol. The number of rotatable bonds is 26. The van der Waals surface area contributed by atoms with Gasteiger partial charge in [-0.25, -0.2) is 29.3 Å². The summed E-state index contributed by atoms with van der Waals surface area (Å²) < 4.78 is 16.5. The van der Waals surface area contributed by atoms with Crippen LogP contribution in [0.25, 0.3) is 10.9 Å². The van der Waals surface area contributed by atoms with Gasteiger partial charge in [0.05, 0.1) is 7.11 Å². The van der Waals surface area contributed by atoms with Gasteiger partial charge in [-0.05, 0) is 107 Å². The van der Waals surface area contributed by atoms with E-state index in [1.807, 2.05) is 38.3 Å². The number of aromatic amines is 1. The Labute approximate surface area is 443 Å². The monoisotopic (exact) mass is 1050 g/mol. The summed E-state index contributed by atoms with van der Waals surface area (Å²) in [6.45, 7) is 8.88. The average Bonchev–Trinajstić information content (AvgIpc) is 3.96. The molecule has 1 aromatic heterocycles. The quantitative estimate of drug-likeness (QED) is 0.0268. The number of thioether (sulfide) groups is 1. The van der Waals surface area contributed by atoms with Crippen LogP contribution in [0.4, 0.5) is 9.59 Å². The molecule has 406 valence electrons. The molecule has 7 amide bonds. The van der Waals surface area contributed by atoms with Crippen LogP contribution in [-0.4, -0.2) is 136 Å². The number of hydrogen-bond acceptors (Lipinski definition) is 13. The Kier molecular flexibility index (Phi) is 22.5. The molecular formula is C55H74N8O11S. The third-order valence-electron chi connectivity index (χ3n) is 12.5. The smallest absolute Gasteiger partial charge is 0.417 e. The predicted octanol–water partition coefficient (Wildman–Crippen LogP) is 6.19. The average molecular weight is 1060 g/mol. The highest BCUT2D eigenvalue weighted by Crippen LogP contribution is 2.26. The van der Waals surface area contributed by atoms with Crippen LogP contribution >= 0.6 is 11.8 Å². The normalized spacial score (nSPS) is 15.1. The van der Waals surface area contributed by atoms with Crippen LogP contribution in [0.5, 0.6) is 0 Å². The Bertz CT molecular complexity index is 2550. The van der Waals surface area contributed by atoms with E-state index in [9.17, 15) is 28.8 Å². The first-order chi connectivity index (χ1) is 35.8. The van der Waals surface area contributed by atoms with E-state index in [-0.39, 0.29) is 64.1 Å². The molecule has 75 heavy (non-hydrogen) atoms. The Morgan fingerprint density at radius 2 is 1.49 bits per heavy atom. The Morgan fingerprint density at radius 1 is 0.827 bits per heavy atom. The Morgan fingerprint density at radius 3 is 2.13 bits per heavy atom. The fraction of sp³-hybridized carbons (Fsp3) is 0.491. The molecule has 19 nitrogen and oxygen atoms in total. The maximum atomic E-state index is 15.4. The summed E-state index contributed by atoms with van der Waals surface area (Å²) >= 11 is 1.47. The van der Waals surface area contributed by atoms with Crippen molar-refractivity contribution in [3.63, 3.8) is 0 Å². The summed E-state index contributed by atoms with van der Waals surface area (Å²) in [5.41, 5.74) is 7.35. The van der Waals surface area contributed by atoms with E-state index in [1.54, 1.807) is 93.7 Å². The number of aromatic nitrogens is 1. The molecule has 1 unspecified atom stereocenters. The minimum Gasteiger partial charge on any atom is -0.467 e. The van der Waals surface area contributed by atoms with E-state index in [1.165, 1.54) is 28.9 Å². The van der Waals surface area contributed by atoms with E-state index < -0.39 is 83.5 Å². The lowest BCUT2D eigenvalue weighted by Crippen LogP contribution is -2.61. The molecule has 1 aliphatic heterocycles. The van der Waals surface area contributed by atoms with Crippen LogP contribution in [-0.2, 0) is 62.4 Å². The number of amides is 7. The fourth-order valence-corrected chi connectivity index (χ4v) is 9.12. The molecule has 5 atom stereocenters. The summed E-state index contributed by atoms with van der Waals surface area (Å²) in [6.07, 6.45) is 2.63. The van der Waals surface area contributed by atoms with Crippen molar-refractivity contribution < 1.29 is 52.6 Å². The number of carbonyl (C=O) groups is 8. The topological polar surface area (TPSA) is 252 Å². The molecule has 4 aromatic rings. The number of methoxy groups -OCH3 is 1. The number of imide groups is 1. The van der Waals surface area contributed by atoms with Crippen LogP contribution < -0.4 is 21.7 Å². The van der Waals surface area contributed by atoms with Crippen molar-refractivity contribution in [2.75, 3.05) is 32.2 Å². The zero-order valence-electron chi connectivity index (χ0n) is 44.1. The van der Waals surface area contributed by atoms with Crippen LogP contribution in [0.15, 0.2) is 91.1 Å². The number of unbranched alkanes of at least 4 members (excludes halogenated alkanes) is 1. The maximum absolute atomic E-state index is 15.4. The van der Waals surface area contributed by atoms with Crippen LogP contribution in [0.2, 0.25) is 0 Å². The molecule has 1 saturated heterocycles. The largest absolute Gasteiger partial charge is 0.467 e. The SMILES string of the molecule is COC(=O)C(CCSC)N(C(=O)CCC(C)C)N1CC[C@H](NC(=O)[C@@H](Cc2ccccc2)NC(=O)[C@@H](Cc2c[nH]c3ccccc23)N(C(=O)OCc2ccccc2)C(=O)[C@H](CCCCN)NC(=O)OC(C)(C)C)C1=O. The molecule has 0 spiro atoms. The van der Waals surface area contributed by atoms with E-state index in [4.69, 9.17) is 19.9 Å². The van der Waals surface area contributed by atoms with Crippen molar-refractivity contribution in [2.24, 2.45) is 11.7 Å². The highest BCUT2D eigenvalue weighted by Gasteiger charge is 2.45.